The van der Waals surface area contributed by atoms with E-state index in [1.807, 2.05) is 24.5 Å². The fourth-order valence-corrected chi connectivity index (χ4v) is 6.70. The van der Waals surface area contributed by atoms with Gasteiger partial charge < -0.3 is 15.1 Å². The number of carbonyl (C=O) groups excluding carboxylic acids is 1. The molecule has 2 aliphatic carbocycles. The molecule has 1 aromatic carbocycles. The highest BCUT2D eigenvalue weighted by atomic mass is 32.1. The number of hydrogen-bond acceptors (Lipinski definition) is 6. The van der Waals surface area contributed by atoms with Crippen LogP contribution in [0.3, 0.4) is 0 Å². The molecule has 172 valence electrons. The van der Waals surface area contributed by atoms with Gasteiger partial charge in [0.25, 0.3) is 0 Å². The van der Waals surface area contributed by atoms with Crippen molar-refractivity contribution in [1.29, 1.82) is 5.41 Å². The maximum absolute atomic E-state index is 11.0. The number of rotatable bonds is 6. The molecule has 0 aliphatic heterocycles. The summed E-state index contributed by atoms with van der Waals surface area (Å²) in [6, 6.07) is 10.8. The van der Waals surface area contributed by atoms with Crippen molar-refractivity contribution in [2.24, 2.45) is 11.3 Å². The smallest absolute Gasteiger partial charge is 0.184 e. The topological polar surface area (TPSA) is 83.1 Å². The van der Waals surface area contributed by atoms with Gasteiger partial charge in [-0.3, -0.25) is 0 Å². The van der Waals surface area contributed by atoms with Crippen molar-refractivity contribution in [1.82, 2.24) is 14.4 Å². The quantitative estimate of drug-likeness (QED) is 0.281. The van der Waals surface area contributed by atoms with Gasteiger partial charge in [0, 0.05) is 47.9 Å². The summed E-state index contributed by atoms with van der Waals surface area (Å²) in [5, 5.41) is 12.5. The highest BCUT2D eigenvalue weighted by molar-refractivity contribution is 7.22. The molecule has 0 radical (unpaired) electrons. The molecule has 0 amide bonds. The molecule has 34 heavy (non-hydrogen) atoms. The van der Waals surface area contributed by atoms with Crippen LogP contribution in [0.5, 0.6) is 0 Å². The third kappa shape index (κ3) is 3.65. The normalized spacial score (nSPS) is 23.8. The molecule has 7 heteroatoms. The second kappa shape index (κ2) is 8.19. The van der Waals surface area contributed by atoms with Crippen molar-refractivity contribution in [2.75, 3.05) is 5.32 Å². The maximum Gasteiger partial charge on any atom is 0.184 e. The highest BCUT2D eigenvalue weighted by Crippen LogP contribution is 2.61. The van der Waals surface area contributed by atoms with E-state index < -0.39 is 0 Å². The van der Waals surface area contributed by atoms with Gasteiger partial charge in [-0.15, -0.1) is 0 Å². The van der Waals surface area contributed by atoms with E-state index in [1.54, 1.807) is 24.3 Å². The van der Waals surface area contributed by atoms with Crippen LogP contribution in [0.15, 0.2) is 48.8 Å². The SMILES string of the molecule is CC(=N)c1ccn2c(Cc3ccc4nc(N[C@H]5C[C@@]56CCCCC6C=C=O)sc4c3)cnc2c1. The predicted molar refractivity (Wildman–Crippen MR) is 137 cm³/mol. The van der Waals surface area contributed by atoms with Gasteiger partial charge in [-0.2, -0.15) is 0 Å². The van der Waals surface area contributed by atoms with Crippen LogP contribution in [0.1, 0.15) is 55.8 Å². The number of thiazole rings is 1. The van der Waals surface area contributed by atoms with Gasteiger partial charge in [0.15, 0.2) is 5.13 Å². The molecule has 6 nitrogen and oxygen atoms in total. The van der Waals surface area contributed by atoms with E-state index in [0.717, 1.165) is 46.8 Å². The molecule has 3 aromatic heterocycles. The zero-order chi connectivity index (χ0) is 23.3. The van der Waals surface area contributed by atoms with Crippen molar-refractivity contribution >= 4 is 44.0 Å². The van der Waals surface area contributed by atoms with Gasteiger partial charge in [-0.1, -0.05) is 30.2 Å². The number of fused-ring (bicyclic) bond motifs is 2. The lowest BCUT2D eigenvalue weighted by Gasteiger charge is -2.29. The maximum atomic E-state index is 11.0. The van der Waals surface area contributed by atoms with E-state index in [9.17, 15) is 4.79 Å². The standard InChI is InChI=1S/C27H27N5OS/c1-17(28)19-7-10-32-21(16-29-25(32)14-19)12-18-5-6-22-23(13-18)34-26(30-22)31-24-15-27(24)9-3-2-4-20(27)8-11-33/h5-8,10,13-14,16,20,24,28H,2-4,9,12,15H2,1H3,(H,30,31)/t20?,24-,27+/m0/s1. The Morgan fingerprint density at radius 1 is 1.35 bits per heavy atom. The summed E-state index contributed by atoms with van der Waals surface area (Å²) in [7, 11) is 0. The second-order valence-electron chi connectivity index (χ2n) is 9.79. The van der Waals surface area contributed by atoms with E-state index in [2.05, 4.69) is 38.8 Å². The van der Waals surface area contributed by atoms with Crippen LogP contribution < -0.4 is 5.32 Å². The molecule has 0 saturated heterocycles. The predicted octanol–water partition coefficient (Wildman–Crippen LogP) is 5.67. The number of aromatic nitrogens is 3. The Labute approximate surface area is 202 Å². The van der Waals surface area contributed by atoms with Gasteiger partial charge in [-0.25, -0.2) is 14.8 Å². The van der Waals surface area contributed by atoms with E-state index in [-0.39, 0.29) is 5.41 Å². The van der Waals surface area contributed by atoms with Crippen LogP contribution in [0.4, 0.5) is 5.13 Å². The Morgan fingerprint density at radius 3 is 3.12 bits per heavy atom. The molecule has 2 saturated carbocycles. The van der Waals surface area contributed by atoms with E-state index in [4.69, 9.17) is 10.4 Å². The molecule has 3 heterocycles. The van der Waals surface area contributed by atoms with Crippen LogP contribution in [-0.2, 0) is 11.2 Å². The first-order chi connectivity index (χ1) is 16.6. The lowest BCUT2D eigenvalue weighted by molar-refractivity contribution is 0.255. The largest absolute Gasteiger partial charge is 0.358 e. The number of anilines is 1. The van der Waals surface area contributed by atoms with Crippen LogP contribution in [-0.4, -0.2) is 32.1 Å². The summed E-state index contributed by atoms with van der Waals surface area (Å²) in [5.74, 6) is 2.40. The minimum Gasteiger partial charge on any atom is -0.358 e. The first kappa shape index (κ1) is 21.3. The third-order valence-electron chi connectivity index (χ3n) is 7.69. The first-order valence-electron chi connectivity index (χ1n) is 11.9. The molecular formula is C27H27N5OS. The van der Waals surface area contributed by atoms with Gasteiger partial charge in [0.1, 0.15) is 11.6 Å². The summed E-state index contributed by atoms with van der Waals surface area (Å²) in [4.78, 5) is 20.4. The Hall–Kier alpha value is -3.28. The molecule has 2 aliphatic rings. The number of allylic oxidation sites excluding steroid dienone is 1. The molecule has 4 aromatic rings. The number of nitrogens with zero attached hydrogens (tertiary/aromatic N) is 3. The van der Waals surface area contributed by atoms with Crippen molar-refractivity contribution in [3.8, 4) is 0 Å². The first-order valence-corrected chi connectivity index (χ1v) is 12.8. The Kier molecular flexibility index (Phi) is 5.12. The van der Waals surface area contributed by atoms with Crippen LogP contribution >= 0.6 is 11.3 Å². The fraction of sp³-hybridized carbons (Fsp3) is 0.370. The minimum atomic E-state index is 0.220. The minimum absolute atomic E-state index is 0.220. The summed E-state index contributed by atoms with van der Waals surface area (Å²) in [6.45, 7) is 1.79. The second-order valence-corrected chi connectivity index (χ2v) is 10.8. The lowest BCUT2D eigenvalue weighted by Crippen LogP contribution is -2.25. The fourth-order valence-electron chi connectivity index (χ4n) is 5.72. The van der Waals surface area contributed by atoms with E-state index in [0.29, 0.717) is 17.7 Å². The summed E-state index contributed by atoms with van der Waals surface area (Å²) >= 11 is 1.71. The summed E-state index contributed by atoms with van der Waals surface area (Å²) < 4.78 is 3.27. The third-order valence-corrected chi connectivity index (χ3v) is 8.64. The highest BCUT2D eigenvalue weighted by Gasteiger charge is 2.59. The van der Waals surface area contributed by atoms with E-state index in [1.165, 1.54) is 29.5 Å². The van der Waals surface area contributed by atoms with Crippen molar-refractivity contribution in [3.05, 3.63) is 65.6 Å². The summed E-state index contributed by atoms with van der Waals surface area (Å²) in [5.41, 5.74) is 5.90. The zero-order valence-electron chi connectivity index (χ0n) is 19.2. The van der Waals surface area contributed by atoms with Gasteiger partial charge in [0.05, 0.1) is 10.2 Å². The Morgan fingerprint density at radius 2 is 2.26 bits per heavy atom. The number of benzene rings is 1. The number of nitrogens with one attached hydrogen (secondary N) is 2. The van der Waals surface area contributed by atoms with Gasteiger partial charge in [0.2, 0.25) is 0 Å². The number of pyridine rings is 1. The van der Waals surface area contributed by atoms with Crippen molar-refractivity contribution < 1.29 is 4.79 Å². The average molecular weight is 470 g/mol. The molecule has 6 rings (SSSR count). The molecule has 1 spiro atoms. The molecule has 2 N–H and O–H groups in total. The Bertz CT molecular complexity index is 1460. The lowest BCUT2D eigenvalue weighted by atomic mass is 9.76. The molecular weight excluding hydrogens is 442 g/mol. The van der Waals surface area contributed by atoms with Crippen LogP contribution in [0.25, 0.3) is 15.9 Å². The number of imidazole rings is 1. The van der Waals surface area contributed by atoms with Crippen LogP contribution in [0, 0.1) is 16.7 Å². The van der Waals surface area contributed by atoms with Crippen molar-refractivity contribution in [3.63, 3.8) is 0 Å². The summed E-state index contributed by atoms with van der Waals surface area (Å²) in [6.07, 6.45) is 12.3. The Balaban J connectivity index is 1.20. The molecule has 2 fully saturated rings. The molecule has 1 unspecified atom stereocenters. The average Bonchev–Trinajstić information content (AvgIpc) is 3.15. The number of hydrogen-bond donors (Lipinski definition) is 2. The van der Waals surface area contributed by atoms with Crippen LogP contribution in [0.2, 0.25) is 0 Å². The zero-order valence-corrected chi connectivity index (χ0v) is 20.0. The monoisotopic (exact) mass is 469 g/mol. The van der Waals surface area contributed by atoms with Gasteiger partial charge >= 0.3 is 0 Å². The van der Waals surface area contributed by atoms with Gasteiger partial charge in [-0.05, 0) is 67.3 Å². The van der Waals surface area contributed by atoms with E-state index >= 15 is 0 Å². The molecule has 3 atom stereocenters. The van der Waals surface area contributed by atoms with Crippen molar-refractivity contribution in [2.45, 2.75) is 51.5 Å². The molecule has 0 bridgehead atoms.